The number of alkyl halides is 3. The summed E-state index contributed by atoms with van der Waals surface area (Å²) in [7, 11) is 0. The molecule has 2 N–H and O–H groups in total. The van der Waals surface area contributed by atoms with Crippen LogP contribution in [0.5, 0.6) is 0 Å². The largest absolute Gasteiger partial charge is 0.481 e. The average Bonchev–Trinajstić information content (AvgIpc) is 3.25. The molecule has 3 aromatic rings. The summed E-state index contributed by atoms with van der Waals surface area (Å²) in [5.41, 5.74) is 0.667. The minimum Gasteiger partial charge on any atom is -0.481 e. The first-order valence-electron chi connectivity index (χ1n) is 10.9. The summed E-state index contributed by atoms with van der Waals surface area (Å²) in [6, 6.07) is 6.46. The third kappa shape index (κ3) is 4.91. The van der Waals surface area contributed by atoms with E-state index in [-0.39, 0.29) is 17.8 Å². The Balaban J connectivity index is 1.54. The van der Waals surface area contributed by atoms with Gasteiger partial charge >= 0.3 is 12.1 Å². The molecule has 1 saturated carbocycles. The molecule has 0 saturated heterocycles. The molecule has 34 heavy (non-hydrogen) atoms. The maximum Gasteiger partial charge on any atom is 0.433 e. The summed E-state index contributed by atoms with van der Waals surface area (Å²) >= 11 is 1.57. The van der Waals surface area contributed by atoms with Crippen LogP contribution in [0.4, 0.5) is 24.8 Å². The molecular weight excluding hydrogens is 465 g/mol. The zero-order chi connectivity index (χ0) is 24.7. The number of carboxylic acid groups (broad SMARTS) is 1. The van der Waals surface area contributed by atoms with Crippen molar-refractivity contribution in [2.45, 2.75) is 52.1 Å². The van der Waals surface area contributed by atoms with Gasteiger partial charge in [-0.1, -0.05) is 13.0 Å². The third-order valence-electron chi connectivity index (χ3n) is 6.66. The van der Waals surface area contributed by atoms with Crippen molar-refractivity contribution >= 4 is 28.9 Å². The number of hydrogen-bond acceptors (Lipinski definition) is 6. The van der Waals surface area contributed by atoms with Gasteiger partial charge in [-0.3, -0.25) is 4.79 Å². The fraction of sp³-hybridized carbons (Fsp3) is 0.417. The van der Waals surface area contributed by atoms with E-state index in [1.807, 2.05) is 39.0 Å². The number of anilines is 2. The Hall–Kier alpha value is -3.01. The van der Waals surface area contributed by atoms with E-state index in [4.69, 9.17) is 0 Å². The molecule has 4 rings (SSSR count). The van der Waals surface area contributed by atoms with Gasteiger partial charge in [-0.2, -0.15) is 13.2 Å². The Labute approximate surface area is 199 Å². The summed E-state index contributed by atoms with van der Waals surface area (Å²) < 4.78 is 38.9. The van der Waals surface area contributed by atoms with Crippen molar-refractivity contribution in [3.8, 4) is 10.4 Å². The Bertz CT molecular complexity index is 1210. The van der Waals surface area contributed by atoms with Crippen LogP contribution < -0.4 is 5.32 Å². The highest BCUT2D eigenvalue weighted by molar-refractivity contribution is 7.15. The SMILES string of the molecule is Cc1cc(Nc2nccc(C(F)(F)F)n2)cc(-c2cnc(C3CCC(C)(C(=O)O)C(C)C3)s2)c1. The van der Waals surface area contributed by atoms with E-state index in [0.717, 1.165) is 46.1 Å². The second-order valence-corrected chi connectivity index (χ2v) is 10.2. The van der Waals surface area contributed by atoms with Crippen LogP contribution >= 0.6 is 11.3 Å². The van der Waals surface area contributed by atoms with Crippen molar-refractivity contribution in [1.82, 2.24) is 15.0 Å². The molecule has 1 fully saturated rings. The van der Waals surface area contributed by atoms with Crippen molar-refractivity contribution in [3.05, 3.63) is 52.9 Å². The molecule has 2 aromatic heterocycles. The van der Waals surface area contributed by atoms with Gasteiger partial charge in [0.25, 0.3) is 0 Å². The molecule has 0 aliphatic heterocycles. The normalized spacial score (nSPS) is 23.0. The number of benzene rings is 1. The number of aromatic nitrogens is 3. The van der Waals surface area contributed by atoms with E-state index >= 15 is 0 Å². The van der Waals surface area contributed by atoms with Gasteiger partial charge in [0.2, 0.25) is 5.95 Å². The first kappa shape index (κ1) is 24.1. The molecule has 2 heterocycles. The number of carbonyl (C=O) groups is 1. The molecule has 1 aliphatic rings. The highest BCUT2D eigenvalue weighted by Gasteiger charge is 2.44. The van der Waals surface area contributed by atoms with E-state index in [1.165, 1.54) is 0 Å². The Kier molecular flexibility index (Phi) is 6.37. The van der Waals surface area contributed by atoms with Gasteiger partial charge in [0.1, 0.15) is 5.69 Å². The number of nitrogens with zero attached hydrogens (tertiary/aromatic N) is 3. The third-order valence-corrected chi connectivity index (χ3v) is 7.87. The van der Waals surface area contributed by atoms with E-state index in [0.29, 0.717) is 12.1 Å². The Morgan fingerprint density at radius 2 is 2.03 bits per heavy atom. The lowest BCUT2D eigenvalue weighted by molar-refractivity contribution is -0.153. The molecular formula is C24H25F3N4O2S. The summed E-state index contributed by atoms with van der Waals surface area (Å²) in [4.78, 5) is 24.7. The summed E-state index contributed by atoms with van der Waals surface area (Å²) in [5.74, 6) is -0.628. The molecule has 1 aliphatic carbocycles. The van der Waals surface area contributed by atoms with Gasteiger partial charge in [0.15, 0.2) is 0 Å². The van der Waals surface area contributed by atoms with Gasteiger partial charge in [-0.15, -0.1) is 11.3 Å². The second kappa shape index (κ2) is 8.98. The maximum atomic E-state index is 13.0. The molecule has 0 spiro atoms. The Morgan fingerprint density at radius 3 is 2.71 bits per heavy atom. The van der Waals surface area contributed by atoms with Crippen molar-refractivity contribution in [1.29, 1.82) is 0 Å². The van der Waals surface area contributed by atoms with Crippen molar-refractivity contribution in [2.75, 3.05) is 5.32 Å². The van der Waals surface area contributed by atoms with Crippen molar-refractivity contribution in [3.63, 3.8) is 0 Å². The van der Waals surface area contributed by atoms with Gasteiger partial charge in [-0.25, -0.2) is 15.0 Å². The summed E-state index contributed by atoms with van der Waals surface area (Å²) in [6.07, 6.45) is 0.476. The smallest absolute Gasteiger partial charge is 0.433 e. The predicted octanol–water partition coefficient (Wildman–Crippen LogP) is 6.67. The van der Waals surface area contributed by atoms with Gasteiger partial charge in [0, 0.05) is 24.0 Å². The van der Waals surface area contributed by atoms with Crippen molar-refractivity contribution in [2.24, 2.45) is 11.3 Å². The van der Waals surface area contributed by atoms with Crippen LogP contribution in [0.15, 0.2) is 36.7 Å². The van der Waals surface area contributed by atoms with Crippen LogP contribution in [-0.4, -0.2) is 26.0 Å². The number of rotatable bonds is 5. The van der Waals surface area contributed by atoms with Crippen LogP contribution in [0, 0.1) is 18.3 Å². The first-order chi connectivity index (χ1) is 16.0. The quantitative estimate of drug-likeness (QED) is 0.416. The number of aryl methyl sites for hydroxylation is 1. The zero-order valence-electron chi connectivity index (χ0n) is 19.0. The van der Waals surface area contributed by atoms with Crippen LogP contribution in [0.25, 0.3) is 10.4 Å². The first-order valence-corrected chi connectivity index (χ1v) is 11.8. The molecule has 3 atom stereocenters. The standard InChI is InChI=1S/C24H25F3N4O2S/c1-13-8-16(11-17(9-13)30-22-28-7-5-19(31-22)24(25,26)27)18-12-29-20(34-18)15-4-6-23(3,21(32)33)14(2)10-15/h5,7-9,11-12,14-15H,4,6,10H2,1-3H3,(H,32,33)(H,28,30,31). The van der Waals surface area contributed by atoms with Crippen molar-refractivity contribution < 1.29 is 23.1 Å². The molecule has 0 amide bonds. The van der Waals surface area contributed by atoms with Crippen LogP contribution in [0.2, 0.25) is 0 Å². The Morgan fingerprint density at radius 1 is 1.26 bits per heavy atom. The summed E-state index contributed by atoms with van der Waals surface area (Å²) in [5, 5.41) is 13.5. The lowest BCUT2D eigenvalue weighted by Gasteiger charge is -2.39. The summed E-state index contributed by atoms with van der Waals surface area (Å²) in [6.45, 7) is 5.71. The van der Waals surface area contributed by atoms with E-state index in [1.54, 1.807) is 17.5 Å². The zero-order valence-corrected chi connectivity index (χ0v) is 19.8. The minimum absolute atomic E-state index is 0.0401. The number of carboxylic acids is 1. The number of aliphatic carboxylic acids is 1. The minimum atomic E-state index is -4.55. The molecule has 0 radical (unpaired) electrons. The monoisotopic (exact) mass is 490 g/mol. The maximum absolute atomic E-state index is 13.0. The second-order valence-electron chi connectivity index (χ2n) is 9.13. The molecule has 6 nitrogen and oxygen atoms in total. The number of thiazole rings is 1. The van der Waals surface area contributed by atoms with E-state index in [2.05, 4.69) is 20.3 Å². The lowest BCUT2D eigenvalue weighted by Crippen LogP contribution is -2.38. The van der Waals surface area contributed by atoms with E-state index in [9.17, 15) is 23.1 Å². The number of nitrogens with one attached hydrogen (secondary N) is 1. The molecule has 3 unspecified atom stereocenters. The topological polar surface area (TPSA) is 88.0 Å². The number of halogens is 3. The van der Waals surface area contributed by atoms with Crippen LogP contribution in [-0.2, 0) is 11.0 Å². The molecule has 180 valence electrons. The van der Waals surface area contributed by atoms with Crippen LogP contribution in [0.1, 0.15) is 55.3 Å². The van der Waals surface area contributed by atoms with Gasteiger partial charge < -0.3 is 10.4 Å². The lowest BCUT2D eigenvalue weighted by atomic mass is 9.65. The van der Waals surface area contributed by atoms with Gasteiger partial charge in [-0.05, 0) is 68.4 Å². The highest BCUT2D eigenvalue weighted by atomic mass is 32.1. The molecule has 10 heteroatoms. The van der Waals surface area contributed by atoms with Gasteiger partial charge in [0.05, 0.1) is 15.3 Å². The highest BCUT2D eigenvalue weighted by Crippen LogP contribution is 2.48. The number of hydrogen-bond donors (Lipinski definition) is 2. The molecule has 1 aromatic carbocycles. The fourth-order valence-corrected chi connectivity index (χ4v) is 5.43. The predicted molar refractivity (Wildman–Crippen MR) is 124 cm³/mol. The fourth-order valence-electron chi connectivity index (χ4n) is 4.38. The average molecular weight is 491 g/mol. The molecule has 0 bridgehead atoms. The van der Waals surface area contributed by atoms with E-state index < -0.39 is 23.3 Å². The van der Waals surface area contributed by atoms with Crippen LogP contribution in [0.3, 0.4) is 0 Å².